The van der Waals surface area contributed by atoms with Crippen LogP contribution in [0.3, 0.4) is 0 Å². The van der Waals surface area contributed by atoms with Crippen molar-refractivity contribution in [1.82, 2.24) is 5.43 Å². The molecule has 1 aromatic rings. The highest BCUT2D eigenvalue weighted by Gasteiger charge is 2.21. The molecule has 18 heavy (non-hydrogen) atoms. The summed E-state index contributed by atoms with van der Waals surface area (Å²) in [7, 11) is 0. The lowest BCUT2D eigenvalue weighted by Crippen LogP contribution is -2.36. The molecular formula is C12H17FN4O. The first-order chi connectivity index (χ1) is 8.72. The van der Waals surface area contributed by atoms with E-state index in [0.717, 1.165) is 12.8 Å². The number of hydrogen-bond acceptors (Lipinski definition) is 3. The van der Waals surface area contributed by atoms with Crippen LogP contribution in [0, 0.1) is 5.82 Å². The summed E-state index contributed by atoms with van der Waals surface area (Å²) in [6.45, 7) is 2.24. The van der Waals surface area contributed by atoms with Gasteiger partial charge in [-0.05, 0) is 31.9 Å². The number of nitrogens with two attached hydrogens (primary N) is 1. The van der Waals surface area contributed by atoms with Gasteiger partial charge in [-0.2, -0.15) is 0 Å². The number of halogens is 1. The van der Waals surface area contributed by atoms with Crippen LogP contribution in [0.5, 0.6) is 5.75 Å². The summed E-state index contributed by atoms with van der Waals surface area (Å²) in [5, 5.41) is 2.93. The Morgan fingerprint density at radius 3 is 2.89 bits per heavy atom. The molecule has 0 saturated heterocycles. The van der Waals surface area contributed by atoms with Crippen molar-refractivity contribution in [3.63, 3.8) is 0 Å². The zero-order valence-corrected chi connectivity index (χ0v) is 10.2. The minimum absolute atomic E-state index is 0.240. The maximum absolute atomic E-state index is 13.6. The van der Waals surface area contributed by atoms with Crippen LogP contribution in [0.1, 0.15) is 19.8 Å². The van der Waals surface area contributed by atoms with Crippen molar-refractivity contribution in [3.05, 3.63) is 24.0 Å². The molecule has 6 heteroatoms. The summed E-state index contributed by atoms with van der Waals surface area (Å²) in [4.78, 5) is 4.31. The molecule has 0 spiro atoms. The molecule has 0 amide bonds. The molecule has 0 aliphatic heterocycles. The monoisotopic (exact) mass is 252 g/mol. The molecule has 1 aliphatic carbocycles. The normalized spacial score (nSPS) is 15.4. The van der Waals surface area contributed by atoms with Gasteiger partial charge in [0.05, 0.1) is 12.6 Å². The maximum Gasteiger partial charge on any atom is 0.210 e. The van der Waals surface area contributed by atoms with Crippen molar-refractivity contribution in [2.45, 2.75) is 25.8 Å². The van der Waals surface area contributed by atoms with Crippen molar-refractivity contribution in [2.75, 3.05) is 11.9 Å². The van der Waals surface area contributed by atoms with Crippen LogP contribution in [-0.4, -0.2) is 18.6 Å². The van der Waals surface area contributed by atoms with E-state index < -0.39 is 5.82 Å². The van der Waals surface area contributed by atoms with Crippen molar-refractivity contribution in [2.24, 2.45) is 10.8 Å². The lowest BCUT2D eigenvalue weighted by molar-refractivity contribution is 0.321. The second kappa shape index (κ2) is 5.68. The van der Waals surface area contributed by atoms with Gasteiger partial charge >= 0.3 is 0 Å². The van der Waals surface area contributed by atoms with Crippen molar-refractivity contribution >= 4 is 11.6 Å². The lowest BCUT2D eigenvalue weighted by atomic mass is 10.3. The van der Waals surface area contributed by atoms with Crippen LogP contribution >= 0.6 is 0 Å². The molecule has 2 rings (SSSR count). The van der Waals surface area contributed by atoms with E-state index in [2.05, 4.69) is 15.7 Å². The number of rotatable bonds is 4. The number of nitrogens with zero attached hydrogens (tertiary/aromatic N) is 1. The molecule has 1 aromatic carbocycles. The fraction of sp³-hybridized carbons (Fsp3) is 0.417. The van der Waals surface area contributed by atoms with Crippen LogP contribution in [0.25, 0.3) is 0 Å². The molecule has 4 N–H and O–H groups in total. The van der Waals surface area contributed by atoms with Gasteiger partial charge in [-0.25, -0.2) is 15.2 Å². The van der Waals surface area contributed by atoms with Crippen LogP contribution < -0.4 is 21.3 Å². The molecule has 0 bridgehead atoms. The zero-order valence-electron chi connectivity index (χ0n) is 10.2. The Balaban J connectivity index is 2.06. The highest BCUT2D eigenvalue weighted by Crippen LogP contribution is 2.24. The van der Waals surface area contributed by atoms with Gasteiger partial charge < -0.3 is 10.1 Å². The molecule has 0 atom stereocenters. The van der Waals surface area contributed by atoms with Crippen LogP contribution in [0.15, 0.2) is 23.2 Å². The van der Waals surface area contributed by atoms with Gasteiger partial charge in [0.15, 0.2) is 11.6 Å². The molecule has 0 radical (unpaired) electrons. The zero-order chi connectivity index (χ0) is 13.0. The van der Waals surface area contributed by atoms with Gasteiger partial charge in [0.1, 0.15) is 0 Å². The summed E-state index contributed by atoms with van der Waals surface area (Å²) < 4.78 is 18.7. The Kier molecular flexibility index (Phi) is 3.99. The predicted octanol–water partition coefficient (Wildman–Crippen LogP) is 1.62. The SMILES string of the molecule is CCOc1ccc(NC(=NC2CC2)NN)cc1F. The van der Waals surface area contributed by atoms with E-state index in [4.69, 9.17) is 10.6 Å². The summed E-state index contributed by atoms with van der Waals surface area (Å²) in [5.74, 6) is 5.62. The molecule has 0 aromatic heterocycles. The van der Waals surface area contributed by atoms with Crippen molar-refractivity contribution in [3.8, 4) is 5.75 Å². The van der Waals surface area contributed by atoms with E-state index in [1.54, 1.807) is 12.1 Å². The number of guanidine groups is 1. The van der Waals surface area contributed by atoms with Gasteiger partial charge in [-0.3, -0.25) is 5.43 Å². The molecule has 1 saturated carbocycles. The number of ether oxygens (including phenoxy) is 1. The predicted molar refractivity (Wildman–Crippen MR) is 69.0 cm³/mol. The molecule has 0 unspecified atom stereocenters. The van der Waals surface area contributed by atoms with E-state index in [1.165, 1.54) is 6.07 Å². The number of hydrogen-bond donors (Lipinski definition) is 3. The number of aliphatic imine (C=N–C) groups is 1. The minimum atomic E-state index is -0.412. The molecule has 0 heterocycles. The smallest absolute Gasteiger partial charge is 0.210 e. The van der Waals surface area contributed by atoms with Crippen LogP contribution in [0.2, 0.25) is 0 Å². The molecule has 1 fully saturated rings. The van der Waals surface area contributed by atoms with Crippen molar-refractivity contribution in [1.29, 1.82) is 0 Å². The first-order valence-corrected chi connectivity index (χ1v) is 5.96. The minimum Gasteiger partial charge on any atom is -0.491 e. The summed E-state index contributed by atoms with van der Waals surface area (Å²) in [6, 6.07) is 4.97. The Labute approximate surface area is 105 Å². The van der Waals surface area contributed by atoms with Crippen molar-refractivity contribution < 1.29 is 9.13 Å². The number of anilines is 1. The number of nitrogens with one attached hydrogen (secondary N) is 2. The highest BCUT2D eigenvalue weighted by atomic mass is 19.1. The van der Waals surface area contributed by atoms with E-state index in [-0.39, 0.29) is 5.75 Å². The summed E-state index contributed by atoms with van der Waals surface area (Å²) in [6.07, 6.45) is 2.15. The fourth-order valence-electron chi connectivity index (χ4n) is 1.48. The second-order valence-corrected chi connectivity index (χ2v) is 4.06. The Hall–Kier alpha value is -1.82. The first kappa shape index (κ1) is 12.6. The third-order valence-electron chi connectivity index (χ3n) is 2.49. The van der Waals surface area contributed by atoms with Gasteiger partial charge in [0.25, 0.3) is 0 Å². The number of benzene rings is 1. The van der Waals surface area contributed by atoms with Gasteiger partial charge in [0, 0.05) is 11.8 Å². The fourth-order valence-corrected chi connectivity index (χ4v) is 1.48. The largest absolute Gasteiger partial charge is 0.491 e. The van der Waals surface area contributed by atoms with E-state index >= 15 is 0 Å². The van der Waals surface area contributed by atoms with Gasteiger partial charge in [-0.1, -0.05) is 0 Å². The Bertz CT molecular complexity index is 446. The Morgan fingerprint density at radius 1 is 1.56 bits per heavy atom. The Morgan fingerprint density at radius 2 is 2.33 bits per heavy atom. The molecule has 98 valence electrons. The third kappa shape index (κ3) is 3.33. The highest BCUT2D eigenvalue weighted by molar-refractivity contribution is 5.93. The lowest BCUT2D eigenvalue weighted by Gasteiger charge is -2.10. The second-order valence-electron chi connectivity index (χ2n) is 4.06. The average Bonchev–Trinajstić information content (AvgIpc) is 3.16. The summed E-state index contributed by atoms with van der Waals surface area (Å²) in [5.41, 5.74) is 3.04. The standard InChI is InChI=1S/C12H17FN4O/c1-2-18-11-6-5-9(7-10(11)13)16-12(17-14)15-8-3-4-8/h5-8H,2-4,14H2,1H3,(H2,15,16,17). The van der Waals surface area contributed by atoms with Crippen LogP contribution in [-0.2, 0) is 0 Å². The third-order valence-corrected chi connectivity index (χ3v) is 2.49. The van der Waals surface area contributed by atoms with Crippen LogP contribution in [0.4, 0.5) is 10.1 Å². The van der Waals surface area contributed by atoms with Gasteiger partial charge in [-0.15, -0.1) is 0 Å². The molecule has 5 nitrogen and oxygen atoms in total. The first-order valence-electron chi connectivity index (χ1n) is 5.96. The van der Waals surface area contributed by atoms with E-state index in [1.807, 2.05) is 6.92 Å². The maximum atomic E-state index is 13.6. The molecular weight excluding hydrogens is 235 g/mol. The van der Waals surface area contributed by atoms with E-state index in [0.29, 0.717) is 24.3 Å². The van der Waals surface area contributed by atoms with Gasteiger partial charge in [0.2, 0.25) is 5.96 Å². The summed E-state index contributed by atoms with van der Waals surface area (Å²) >= 11 is 0. The molecule has 1 aliphatic rings. The quantitative estimate of drug-likeness (QED) is 0.329. The average molecular weight is 252 g/mol. The number of hydrazine groups is 1. The topological polar surface area (TPSA) is 71.7 Å². The van der Waals surface area contributed by atoms with E-state index in [9.17, 15) is 4.39 Å².